The molecule has 0 aliphatic rings. The van der Waals surface area contributed by atoms with Crippen molar-refractivity contribution in [3.05, 3.63) is 18.0 Å². The number of aromatic nitrogens is 2. The van der Waals surface area contributed by atoms with Crippen LogP contribution in [-0.4, -0.2) is 16.0 Å². The van der Waals surface area contributed by atoms with E-state index in [0.717, 1.165) is 5.56 Å². The summed E-state index contributed by atoms with van der Waals surface area (Å²) in [5.41, 5.74) is 1.07. The lowest BCUT2D eigenvalue weighted by Gasteiger charge is -1.99. The van der Waals surface area contributed by atoms with Gasteiger partial charge in [-0.25, -0.2) is 4.39 Å². The largest absolute Gasteiger partial charge is 0.270 e. The number of rotatable bonds is 2. The molecular weight excluding hydrogens is 131 g/mol. The number of hydrogen-bond acceptors (Lipinski definition) is 1. The van der Waals surface area contributed by atoms with Crippen LogP contribution in [-0.2, 0) is 6.54 Å². The lowest BCUT2D eigenvalue weighted by Crippen LogP contribution is -2.07. The molecule has 0 saturated heterocycles. The average molecular weight is 142 g/mol. The standard InChI is InChI=1S/C7H11FN2/c1-6-3-9-10(4-6)5-7(2)8/h3-4,7H,5H2,1-2H3. The maximum Gasteiger partial charge on any atom is 0.117 e. The maximum atomic E-state index is 12.3. The highest BCUT2D eigenvalue weighted by atomic mass is 19.1. The van der Waals surface area contributed by atoms with Crippen LogP contribution in [0.4, 0.5) is 4.39 Å². The summed E-state index contributed by atoms with van der Waals surface area (Å²) in [6, 6.07) is 0. The van der Waals surface area contributed by atoms with Gasteiger partial charge in [0.05, 0.1) is 12.7 Å². The van der Waals surface area contributed by atoms with Crippen molar-refractivity contribution in [3.63, 3.8) is 0 Å². The fourth-order valence-corrected chi connectivity index (χ4v) is 0.825. The molecule has 1 heterocycles. The van der Waals surface area contributed by atoms with E-state index in [0.29, 0.717) is 6.54 Å². The SMILES string of the molecule is Cc1cnn(CC(C)F)c1. The van der Waals surface area contributed by atoms with Gasteiger partial charge in [0.2, 0.25) is 0 Å². The van der Waals surface area contributed by atoms with Crippen molar-refractivity contribution in [2.24, 2.45) is 0 Å². The predicted molar refractivity (Wildman–Crippen MR) is 37.5 cm³/mol. The van der Waals surface area contributed by atoms with Gasteiger partial charge in [0.15, 0.2) is 0 Å². The first-order valence-electron chi connectivity index (χ1n) is 3.31. The van der Waals surface area contributed by atoms with Crippen molar-refractivity contribution in [3.8, 4) is 0 Å². The molecule has 0 spiro atoms. The van der Waals surface area contributed by atoms with Gasteiger partial charge in [0.1, 0.15) is 6.17 Å². The molecule has 0 aliphatic carbocycles. The topological polar surface area (TPSA) is 17.8 Å². The van der Waals surface area contributed by atoms with Crippen LogP contribution < -0.4 is 0 Å². The molecule has 10 heavy (non-hydrogen) atoms. The number of alkyl halides is 1. The second-order valence-corrected chi connectivity index (χ2v) is 2.52. The van der Waals surface area contributed by atoms with Gasteiger partial charge < -0.3 is 0 Å². The van der Waals surface area contributed by atoms with Gasteiger partial charge >= 0.3 is 0 Å². The van der Waals surface area contributed by atoms with E-state index in [4.69, 9.17) is 0 Å². The minimum atomic E-state index is -0.820. The molecule has 0 aromatic carbocycles. The average Bonchev–Trinajstić information content (AvgIpc) is 2.13. The van der Waals surface area contributed by atoms with E-state index in [1.165, 1.54) is 6.92 Å². The second kappa shape index (κ2) is 2.82. The zero-order chi connectivity index (χ0) is 7.56. The maximum absolute atomic E-state index is 12.3. The van der Waals surface area contributed by atoms with Gasteiger partial charge in [-0.05, 0) is 19.4 Å². The van der Waals surface area contributed by atoms with Crippen LogP contribution in [0, 0.1) is 6.92 Å². The van der Waals surface area contributed by atoms with Gasteiger partial charge in [0, 0.05) is 6.20 Å². The molecule has 0 bridgehead atoms. The van der Waals surface area contributed by atoms with E-state index in [1.807, 2.05) is 13.1 Å². The highest BCUT2D eigenvalue weighted by Crippen LogP contribution is 1.97. The Morgan fingerprint density at radius 1 is 1.80 bits per heavy atom. The third-order valence-electron chi connectivity index (χ3n) is 1.20. The molecule has 0 aliphatic heterocycles. The van der Waals surface area contributed by atoms with E-state index >= 15 is 0 Å². The Morgan fingerprint density at radius 2 is 2.50 bits per heavy atom. The smallest absolute Gasteiger partial charge is 0.117 e. The fourth-order valence-electron chi connectivity index (χ4n) is 0.825. The molecule has 0 amide bonds. The van der Waals surface area contributed by atoms with Crippen molar-refractivity contribution in [1.29, 1.82) is 0 Å². The number of aryl methyl sites for hydroxylation is 1. The molecule has 1 aromatic heterocycles. The minimum Gasteiger partial charge on any atom is -0.270 e. The van der Waals surface area contributed by atoms with Gasteiger partial charge in [-0.15, -0.1) is 0 Å². The summed E-state index contributed by atoms with van der Waals surface area (Å²) in [5, 5.41) is 3.93. The first-order valence-corrected chi connectivity index (χ1v) is 3.31. The molecule has 0 radical (unpaired) electrons. The Balaban J connectivity index is 2.58. The number of halogens is 1. The molecule has 0 fully saturated rings. The van der Waals surface area contributed by atoms with Crippen molar-refractivity contribution in [1.82, 2.24) is 9.78 Å². The summed E-state index contributed by atoms with van der Waals surface area (Å²) in [5.74, 6) is 0. The monoisotopic (exact) mass is 142 g/mol. The van der Waals surface area contributed by atoms with Crippen LogP contribution in [0.15, 0.2) is 12.4 Å². The zero-order valence-electron chi connectivity index (χ0n) is 6.21. The van der Waals surface area contributed by atoms with Crippen molar-refractivity contribution in [2.45, 2.75) is 26.6 Å². The number of nitrogens with zero attached hydrogens (tertiary/aromatic N) is 2. The molecule has 0 N–H and O–H groups in total. The quantitative estimate of drug-likeness (QED) is 0.612. The molecule has 2 nitrogen and oxygen atoms in total. The van der Waals surface area contributed by atoms with Crippen LogP contribution in [0.5, 0.6) is 0 Å². The fraction of sp³-hybridized carbons (Fsp3) is 0.571. The molecule has 1 unspecified atom stereocenters. The highest BCUT2D eigenvalue weighted by molar-refractivity contribution is 4.99. The van der Waals surface area contributed by atoms with Gasteiger partial charge in [-0.3, -0.25) is 4.68 Å². The lowest BCUT2D eigenvalue weighted by atomic mass is 10.4. The molecule has 0 saturated carbocycles. The van der Waals surface area contributed by atoms with Gasteiger partial charge in [-0.2, -0.15) is 5.10 Å². The Bertz CT molecular complexity index is 205. The normalized spacial score (nSPS) is 13.5. The lowest BCUT2D eigenvalue weighted by molar-refractivity contribution is 0.309. The van der Waals surface area contributed by atoms with Crippen LogP contribution >= 0.6 is 0 Å². The molecule has 3 heteroatoms. The van der Waals surface area contributed by atoms with Crippen molar-refractivity contribution in [2.75, 3.05) is 0 Å². The van der Waals surface area contributed by atoms with Crippen LogP contribution in [0.25, 0.3) is 0 Å². The molecular formula is C7H11FN2. The highest BCUT2D eigenvalue weighted by Gasteiger charge is 1.99. The molecule has 1 atom stereocenters. The first-order chi connectivity index (χ1) is 4.68. The Hall–Kier alpha value is -0.860. The van der Waals surface area contributed by atoms with Crippen LogP contribution in [0.1, 0.15) is 12.5 Å². The molecule has 1 rings (SSSR count). The van der Waals surface area contributed by atoms with Gasteiger partial charge in [-0.1, -0.05) is 0 Å². The summed E-state index contributed by atoms with van der Waals surface area (Å²) >= 11 is 0. The van der Waals surface area contributed by atoms with Crippen molar-refractivity contribution >= 4 is 0 Å². The Labute approximate surface area is 59.7 Å². The summed E-state index contributed by atoms with van der Waals surface area (Å²) in [6.45, 7) is 3.82. The predicted octanol–water partition coefficient (Wildman–Crippen LogP) is 1.55. The summed E-state index contributed by atoms with van der Waals surface area (Å²) in [7, 11) is 0. The minimum absolute atomic E-state index is 0.355. The van der Waals surface area contributed by atoms with Crippen LogP contribution in [0.3, 0.4) is 0 Å². The summed E-state index contributed by atoms with van der Waals surface area (Å²) in [6.07, 6.45) is 2.73. The second-order valence-electron chi connectivity index (χ2n) is 2.52. The Morgan fingerprint density at radius 3 is 2.90 bits per heavy atom. The number of hydrogen-bond donors (Lipinski definition) is 0. The Kier molecular flexibility index (Phi) is 2.04. The molecule has 56 valence electrons. The van der Waals surface area contributed by atoms with E-state index in [1.54, 1.807) is 10.9 Å². The van der Waals surface area contributed by atoms with Gasteiger partial charge in [0.25, 0.3) is 0 Å². The van der Waals surface area contributed by atoms with E-state index in [-0.39, 0.29) is 0 Å². The summed E-state index contributed by atoms with van der Waals surface area (Å²) in [4.78, 5) is 0. The van der Waals surface area contributed by atoms with E-state index in [9.17, 15) is 4.39 Å². The first kappa shape index (κ1) is 7.25. The summed E-state index contributed by atoms with van der Waals surface area (Å²) < 4.78 is 13.9. The van der Waals surface area contributed by atoms with E-state index < -0.39 is 6.17 Å². The van der Waals surface area contributed by atoms with E-state index in [2.05, 4.69) is 5.10 Å². The van der Waals surface area contributed by atoms with Crippen molar-refractivity contribution < 1.29 is 4.39 Å². The van der Waals surface area contributed by atoms with Crippen LogP contribution in [0.2, 0.25) is 0 Å². The third-order valence-corrected chi connectivity index (χ3v) is 1.20. The molecule has 1 aromatic rings. The third kappa shape index (κ3) is 1.83. The zero-order valence-corrected chi connectivity index (χ0v) is 6.21.